The van der Waals surface area contributed by atoms with Gasteiger partial charge in [-0.3, -0.25) is 0 Å². The molecule has 0 aliphatic heterocycles. The molecule has 0 aromatic heterocycles. The second-order valence-corrected chi connectivity index (χ2v) is 3.31. The standard InChI is InChI=1S/C11H13NS/c1-3-11(13-12-4-2)10-8-6-5-7-9-10/h3-9H,1-2H3/b11-3-,12-4+. The Labute approximate surface area is 83.7 Å². The van der Waals surface area contributed by atoms with Crippen LogP contribution in [-0.2, 0) is 0 Å². The Kier molecular flexibility index (Phi) is 4.33. The SMILES string of the molecule is C/C=C(\S/N=C/C)c1ccccc1. The van der Waals surface area contributed by atoms with Crippen LogP contribution in [0.4, 0.5) is 0 Å². The molecule has 0 saturated heterocycles. The molecule has 1 rings (SSSR count). The van der Waals surface area contributed by atoms with Gasteiger partial charge in [-0.05, 0) is 19.4 Å². The predicted molar refractivity (Wildman–Crippen MR) is 61.9 cm³/mol. The van der Waals surface area contributed by atoms with E-state index in [9.17, 15) is 0 Å². The van der Waals surface area contributed by atoms with E-state index >= 15 is 0 Å². The molecule has 2 heteroatoms. The maximum Gasteiger partial charge on any atom is 0.0335 e. The van der Waals surface area contributed by atoms with Crippen LogP contribution in [0.15, 0.2) is 40.8 Å². The average Bonchev–Trinajstić information content (AvgIpc) is 2.21. The Morgan fingerprint density at radius 2 is 1.92 bits per heavy atom. The molecular weight excluding hydrogens is 178 g/mol. The van der Waals surface area contributed by atoms with Gasteiger partial charge in [0.05, 0.1) is 0 Å². The van der Waals surface area contributed by atoms with E-state index in [-0.39, 0.29) is 0 Å². The third-order valence-corrected chi connectivity index (χ3v) is 2.56. The molecule has 0 bridgehead atoms. The zero-order valence-electron chi connectivity index (χ0n) is 7.90. The number of rotatable bonds is 3. The van der Waals surface area contributed by atoms with Gasteiger partial charge in [0.1, 0.15) is 0 Å². The van der Waals surface area contributed by atoms with Crippen molar-refractivity contribution < 1.29 is 0 Å². The first kappa shape index (κ1) is 10.1. The fourth-order valence-electron chi connectivity index (χ4n) is 0.984. The summed E-state index contributed by atoms with van der Waals surface area (Å²) in [6, 6.07) is 10.3. The lowest BCUT2D eigenvalue weighted by atomic mass is 10.2. The summed E-state index contributed by atoms with van der Waals surface area (Å²) >= 11 is 1.51. The molecule has 0 saturated carbocycles. The van der Waals surface area contributed by atoms with Crippen molar-refractivity contribution in [2.45, 2.75) is 13.8 Å². The maximum atomic E-state index is 4.14. The second kappa shape index (κ2) is 5.60. The lowest BCUT2D eigenvalue weighted by Gasteiger charge is -2.01. The molecule has 0 aliphatic carbocycles. The first-order chi connectivity index (χ1) is 6.38. The summed E-state index contributed by atoms with van der Waals surface area (Å²) in [7, 11) is 0. The number of benzene rings is 1. The minimum absolute atomic E-state index is 1.19. The van der Waals surface area contributed by atoms with Crippen LogP contribution >= 0.6 is 11.9 Å². The summed E-state index contributed by atoms with van der Waals surface area (Å²) in [6.07, 6.45) is 3.88. The zero-order chi connectivity index (χ0) is 9.52. The first-order valence-electron chi connectivity index (χ1n) is 4.25. The first-order valence-corrected chi connectivity index (χ1v) is 5.02. The van der Waals surface area contributed by atoms with Gasteiger partial charge in [-0.1, -0.05) is 36.4 Å². The average molecular weight is 191 g/mol. The van der Waals surface area contributed by atoms with Crippen LogP contribution in [0.3, 0.4) is 0 Å². The van der Waals surface area contributed by atoms with Gasteiger partial charge < -0.3 is 0 Å². The summed E-state index contributed by atoms with van der Waals surface area (Å²) in [5.41, 5.74) is 1.22. The van der Waals surface area contributed by atoms with Crippen LogP contribution in [0, 0.1) is 0 Å². The van der Waals surface area contributed by atoms with Crippen molar-refractivity contribution >= 4 is 23.1 Å². The summed E-state index contributed by atoms with van der Waals surface area (Å²) in [5, 5.41) is 0. The van der Waals surface area contributed by atoms with Gasteiger partial charge in [0.25, 0.3) is 0 Å². The molecule has 0 fully saturated rings. The minimum Gasteiger partial charge on any atom is -0.224 e. The molecule has 68 valence electrons. The van der Waals surface area contributed by atoms with E-state index in [4.69, 9.17) is 0 Å². The molecule has 0 aliphatic rings. The smallest absolute Gasteiger partial charge is 0.0335 e. The van der Waals surface area contributed by atoms with Crippen LogP contribution in [-0.4, -0.2) is 6.21 Å². The highest BCUT2D eigenvalue weighted by atomic mass is 32.2. The molecule has 1 aromatic rings. The van der Waals surface area contributed by atoms with Crippen molar-refractivity contribution in [3.8, 4) is 0 Å². The summed E-state index contributed by atoms with van der Waals surface area (Å²) in [4.78, 5) is 1.19. The third kappa shape index (κ3) is 3.07. The zero-order valence-corrected chi connectivity index (χ0v) is 8.71. The van der Waals surface area contributed by atoms with Crippen molar-refractivity contribution in [2.75, 3.05) is 0 Å². The molecule has 0 amide bonds. The van der Waals surface area contributed by atoms with Crippen LogP contribution < -0.4 is 0 Å². The molecular formula is C11H13NS. The minimum atomic E-state index is 1.19. The van der Waals surface area contributed by atoms with E-state index in [2.05, 4.69) is 22.6 Å². The van der Waals surface area contributed by atoms with Crippen molar-refractivity contribution in [1.82, 2.24) is 0 Å². The summed E-state index contributed by atoms with van der Waals surface area (Å²) in [5.74, 6) is 0. The topological polar surface area (TPSA) is 12.4 Å². The number of nitrogens with zero attached hydrogens (tertiary/aromatic N) is 1. The van der Waals surface area contributed by atoms with Gasteiger partial charge >= 0.3 is 0 Å². The lowest BCUT2D eigenvalue weighted by Crippen LogP contribution is -1.76. The molecule has 1 aromatic carbocycles. The van der Waals surface area contributed by atoms with Crippen LogP contribution in [0.2, 0.25) is 0 Å². The highest BCUT2D eigenvalue weighted by Gasteiger charge is 1.97. The number of hydrogen-bond acceptors (Lipinski definition) is 2. The van der Waals surface area contributed by atoms with E-state index in [1.807, 2.05) is 32.0 Å². The number of allylic oxidation sites excluding steroid dienone is 1. The maximum absolute atomic E-state index is 4.14. The Morgan fingerprint density at radius 3 is 2.46 bits per heavy atom. The van der Waals surface area contributed by atoms with Crippen LogP contribution in [0.25, 0.3) is 4.91 Å². The second-order valence-electron chi connectivity index (χ2n) is 2.47. The third-order valence-electron chi connectivity index (χ3n) is 1.58. The Bertz CT molecular complexity index is 301. The molecule has 0 N–H and O–H groups in total. The summed E-state index contributed by atoms with van der Waals surface area (Å²) < 4.78 is 4.14. The molecule has 13 heavy (non-hydrogen) atoms. The normalized spacial score (nSPS) is 12.3. The molecule has 0 radical (unpaired) electrons. The van der Waals surface area contributed by atoms with Gasteiger partial charge in [-0.25, -0.2) is 4.40 Å². The van der Waals surface area contributed by atoms with Gasteiger partial charge in [-0.15, -0.1) is 0 Å². The molecule has 0 unspecified atom stereocenters. The largest absolute Gasteiger partial charge is 0.224 e. The fourth-order valence-corrected chi connectivity index (χ4v) is 1.55. The quantitative estimate of drug-likeness (QED) is 0.523. The molecule has 0 heterocycles. The van der Waals surface area contributed by atoms with E-state index in [0.717, 1.165) is 0 Å². The van der Waals surface area contributed by atoms with E-state index in [0.29, 0.717) is 0 Å². The van der Waals surface area contributed by atoms with E-state index in [1.165, 1.54) is 22.4 Å². The summed E-state index contributed by atoms with van der Waals surface area (Å²) in [6.45, 7) is 3.95. The van der Waals surface area contributed by atoms with Crippen LogP contribution in [0.5, 0.6) is 0 Å². The highest BCUT2D eigenvalue weighted by Crippen LogP contribution is 2.27. The van der Waals surface area contributed by atoms with E-state index < -0.39 is 0 Å². The van der Waals surface area contributed by atoms with Gasteiger partial charge in [-0.2, -0.15) is 0 Å². The van der Waals surface area contributed by atoms with Crippen molar-refractivity contribution in [3.63, 3.8) is 0 Å². The monoisotopic (exact) mass is 191 g/mol. The van der Waals surface area contributed by atoms with Gasteiger partial charge in [0, 0.05) is 23.1 Å². The fraction of sp³-hybridized carbons (Fsp3) is 0.182. The Balaban J connectivity index is 2.80. The van der Waals surface area contributed by atoms with E-state index in [1.54, 1.807) is 6.21 Å². The van der Waals surface area contributed by atoms with Crippen molar-refractivity contribution in [3.05, 3.63) is 42.0 Å². The number of hydrogen-bond donors (Lipinski definition) is 0. The molecule has 0 atom stereocenters. The Hall–Kier alpha value is -1.02. The molecule has 0 spiro atoms. The predicted octanol–water partition coefficient (Wildman–Crippen LogP) is 3.79. The van der Waals surface area contributed by atoms with Crippen molar-refractivity contribution in [1.29, 1.82) is 0 Å². The Morgan fingerprint density at radius 1 is 1.23 bits per heavy atom. The molecule has 1 nitrogen and oxygen atoms in total. The van der Waals surface area contributed by atoms with Crippen LogP contribution in [0.1, 0.15) is 19.4 Å². The van der Waals surface area contributed by atoms with Gasteiger partial charge in [0.15, 0.2) is 0 Å². The highest BCUT2D eigenvalue weighted by molar-refractivity contribution is 8.07. The lowest BCUT2D eigenvalue weighted by molar-refractivity contribution is 1.63. The van der Waals surface area contributed by atoms with Crippen molar-refractivity contribution in [2.24, 2.45) is 4.40 Å². The van der Waals surface area contributed by atoms with Gasteiger partial charge in [0.2, 0.25) is 0 Å².